The first-order valence-corrected chi connectivity index (χ1v) is 6.51. The third-order valence-corrected chi connectivity index (χ3v) is 3.51. The van der Waals surface area contributed by atoms with Gasteiger partial charge in [0.05, 0.1) is 0 Å². The highest BCUT2D eigenvalue weighted by atomic mass is 16.3. The monoisotopic (exact) mass is 233 g/mol. The Morgan fingerprint density at radius 1 is 1.35 bits per heavy atom. The standard InChI is InChI=1S/C15H23NO/c1-15(2,3)9-10-16-13-8-7-12-11(13)5-4-6-14(12)17/h4-6,13,16-17H,7-10H2,1-3H3. The fourth-order valence-corrected chi connectivity index (χ4v) is 2.47. The molecule has 1 atom stereocenters. The third kappa shape index (κ3) is 3.01. The molecule has 2 rings (SSSR count). The van der Waals surface area contributed by atoms with E-state index in [0.717, 1.165) is 24.9 Å². The zero-order valence-corrected chi connectivity index (χ0v) is 11.1. The summed E-state index contributed by atoms with van der Waals surface area (Å²) >= 11 is 0. The molecule has 94 valence electrons. The summed E-state index contributed by atoms with van der Waals surface area (Å²) < 4.78 is 0. The number of rotatable bonds is 3. The summed E-state index contributed by atoms with van der Waals surface area (Å²) in [6, 6.07) is 6.30. The quantitative estimate of drug-likeness (QED) is 0.838. The van der Waals surface area contributed by atoms with Gasteiger partial charge in [-0.25, -0.2) is 0 Å². The van der Waals surface area contributed by atoms with Gasteiger partial charge in [0.15, 0.2) is 0 Å². The Bertz CT molecular complexity index is 392. The van der Waals surface area contributed by atoms with Crippen molar-refractivity contribution in [2.75, 3.05) is 6.54 Å². The van der Waals surface area contributed by atoms with Crippen LogP contribution in [-0.2, 0) is 6.42 Å². The van der Waals surface area contributed by atoms with Crippen LogP contribution in [0.3, 0.4) is 0 Å². The number of phenolic OH excluding ortho intramolecular Hbond substituents is 1. The number of benzene rings is 1. The summed E-state index contributed by atoms with van der Waals surface area (Å²) in [4.78, 5) is 0. The first-order valence-electron chi connectivity index (χ1n) is 6.51. The van der Waals surface area contributed by atoms with Crippen LogP contribution in [0.2, 0.25) is 0 Å². The molecule has 0 saturated carbocycles. The molecule has 1 aliphatic rings. The fourth-order valence-electron chi connectivity index (χ4n) is 2.47. The van der Waals surface area contributed by atoms with Crippen LogP contribution >= 0.6 is 0 Å². The highest BCUT2D eigenvalue weighted by Gasteiger charge is 2.24. The zero-order valence-electron chi connectivity index (χ0n) is 11.1. The lowest BCUT2D eigenvalue weighted by Gasteiger charge is -2.21. The van der Waals surface area contributed by atoms with Crippen molar-refractivity contribution in [2.24, 2.45) is 5.41 Å². The molecule has 0 amide bonds. The van der Waals surface area contributed by atoms with E-state index in [9.17, 15) is 5.11 Å². The van der Waals surface area contributed by atoms with E-state index >= 15 is 0 Å². The van der Waals surface area contributed by atoms with Crippen LogP contribution in [0.15, 0.2) is 18.2 Å². The largest absolute Gasteiger partial charge is 0.508 e. The Balaban J connectivity index is 1.96. The van der Waals surface area contributed by atoms with E-state index in [0.29, 0.717) is 17.2 Å². The topological polar surface area (TPSA) is 32.3 Å². The summed E-state index contributed by atoms with van der Waals surface area (Å²) in [7, 11) is 0. The second-order valence-corrected chi connectivity index (χ2v) is 6.20. The molecule has 2 N–H and O–H groups in total. The first kappa shape index (κ1) is 12.4. The van der Waals surface area contributed by atoms with Gasteiger partial charge in [0.2, 0.25) is 0 Å². The summed E-state index contributed by atoms with van der Waals surface area (Å²) in [6.45, 7) is 7.85. The van der Waals surface area contributed by atoms with Crippen molar-refractivity contribution in [1.29, 1.82) is 0 Å². The van der Waals surface area contributed by atoms with Crippen molar-refractivity contribution in [1.82, 2.24) is 5.32 Å². The molecule has 0 bridgehead atoms. The molecule has 0 radical (unpaired) electrons. The predicted octanol–water partition coefficient (Wildman–Crippen LogP) is 3.41. The van der Waals surface area contributed by atoms with Gasteiger partial charge in [-0.3, -0.25) is 0 Å². The molecular weight excluding hydrogens is 210 g/mol. The molecule has 1 aromatic carbocycles. The number of hydrogen-bond acceptors (Lipinski definition) is 2. The summed E-state index contributed by atoms with van der Waals surface area (Å²) in [6.07, 6.45) is 3.28. The number of hydrogen-bond donors (Lipinski definition) is 2. The Labute approximate surface area is 104 Å². The van der Waals surface area contributed by atoms with Gasteiger partial charge in [0.25, 0.3) is 0 Å². The lowest BCUT2D eigenvalue weighted by Crippen LogP contribution is -2.24. The Morgan fingerprint density at radius 2 is 2.12 bits per heavy atom. The molecular formula is C15H23NO. The van der Waals surface area contributed by atoms with Gasteiger partial charge in [-0.15, -0.1) is 0 Å². The molecule has 0 aromatic heterocycles. The molecule has 0 heterocycles. The van der Waals surface area contributed by atoms with Crippen LogP contribution in [0.25, 0.3) is 0 Å². The van der Waals surface area contributed by atoms with Crippen molar-refractivity contribution in [3.05, 3.63) is 29.3 Å². The van der Waals surface area contributed by atoms with E-state index < -0.39 is 0 Å². The first-order chi connectivity index (χ1) is 7.97. The van der Waals surface area contributed by atoms with Crippen LogP contribution in [0.5, 0.6) is 5.75 Å². The predicted molar refractivity (Wildman–Crippen MR) is 71.2 cm³/mol. The molecule has 1 unspecified atom stereocenters. The minimum atomic E-state index is 0.382. The molecule has 2 heteroatoms. The molecule has 1 aromatic rings. The van der Waals surface area contributed by atoms with Gasteiger partial charge in [-0.2, -0.15) is 0 Å². The van der Waals surface area contributed by atoms with Gasteiger partial charge in [0, 0.05) is 6.04 Å². The van der Waals surface area contributed by atoms with Gasteiger partial charge in [0.1, 0.15) is 5.75 Å². The van der Waals surface area contributed by atoms with E-state index in [1.54, 1.807) is 6.07 Å². The highest BCUT2D eigenvalue weighted by molar-refractivity contribution is 5.44. The minimum absolute atomic E-state index is 0.382. The maximum atomic E-state index is 9.78. The van der Waals surface area contributed by atoms with E-state index in [-0.39, 0.29) is 0 Å². The second-order valence-electron chi connectivity index (χ2n) is 6.20. The van der Waals surface area contributed by atoms with E-state index in [1.165, 1.54) is 12.0 Å². The maximum Gasteiger partial charge on any atom is 0.119 e. The third-order valence-electron chi connectivity index (χ3n) is 3.51. The Morgan fingerprint density at radius 3 is 2.82 bits per heavy atom. The highest BCUT2D eigenvalue weighted by Crippen LogP contribution is 2.36. The molecule has 2 nitrogen and oxygen atoms in total. The summed E-state index contributed by atoms with van der Waals surface area (Å²) in [5, 5.41) is 13.4. The number of fused-ring (bicyclic) bond motifs is 1. The van der Waals surface area contributed by atoms with Crippen molar-refractivity contribution >= 4 is 0 Å². The normalized spacial score (nSPS) is 19.4. The van der Waals surface area contributed by atoms with E-state index in [1.807, 2.05) is 6.07 Å². The summed E-state index contributed by atoms with van der Waals surface area (Å²) in [5.41, 5.74) is 2.81. The van der Waals surface area contributed by atoms with Crippen LogP contribution in [0.4, 0.5) is 0 Å². The van der Waals surface area contributed by atoms with Crippen molar-refractivity contribution in [3.63, 3.8) is 0 Å². The zero-order chi connectivity index (χ0) is 12.5. The molecule has 0 saturated heterocycles. The van der Waals surface area contributed by atoms with Gasteiger partial charge in [-0.1, -0.05) is 32.9 Å². The molecule has 0 aliphatic heterocycles. The minimum Gasteiger partial charge on any atom is -0.508 e. The smallest absolute Gasteiger partial charge is 0.119 e. The van der Waals surface area contributed by atoms with Crippen LogP contribution in [0.1, 0.15) is 50.8 Å². The number of phenols is 1. The number of nitrogens with one attached hydrogen (secondary N) is 1. The molecule has 17 heavy (non-hydrogen) atoms. The fraction of sp³-hybridized carbons (Fsp3) is 0.600. The van der Waals surface area contributed by atoms with Crippen molar-refractivity contribution < 1.29 is 5.11 Å². The van der Waals surface area contributed by atoms with Crippen molar-refractivity contribution in [2.45, 2.75) is 46.1 Å². The van der Waals surface area contributed by atoms with Gasteiger partial charge in [-0.05, 0) is 48.4 Å². The summed E-state index contributed by atoms with van der Waals surface area (Å²) in [5.74, 6) is 0.461. The van der Waals surface area contributed by atoms with E-state index in [4.69, 9.17) is 0 Å². The Kier molecular flexibility index (Phi) is 3.43. The van der Waals surface area contributed by atoms with Crippen LogP contribution in [-0.4, -0.2) is 11.7 Å². The van der Waals surface area contributed by atoms with Crippen LogP contribution < -0.4 is 5.32 Å². The molecule has 0 fully saturated rings. The molecule has 0 spiro atoms. The average molecular weight is 233 g/mol. The van der Waals surface area contributed by atoms with Crippen LogP contribution in [0, 0.1) is 5.41 Å². The second kappa shape index (κ2) is 4.69. The number of aromatic hydroxyl groups is 1. The Hall–Kier alpha value is -1.02. The van der Waals surface area contributed by atoms with Gasteiger partial charge >= 0.3 is 0 Å². The maximum absolute atomic E-state index is 9.78. The van der Waals surface area contributed by atoms with Crippen molar-refractivity contribution in [3.8, 4) is 5.75 Å². The van der Waals surface area contributed by atoms with Gasteiger partial charge < -0.3 is 10.4 Å². The SMILES string of the molecule is CC(C)(C)CCNC1CCc2c(O)cccc21. The molecule has 1 aliphatic carbocycles. The lowest BCUT2D eigenvalue weighted by atomic mass is 9.92. The average Bonchev–Trinajstić information content (AvgIpc) is 2.61. The van der Waals surface area contributed by atoms with E-state index in [2.05, 4.69) is 32.2 Å². The lowest BCUT2D eigenvalue weighted by molar-refractivity contribution is 0.354.